The van der Waals surface area contributed by atoms with Crippen molar-refractivity contribution in [3.8, 4) is 0 Å². The molecule has 0 aromatic rings. The molecule has 35 heavy (non-hydrogen) atoms. The molecular formula is C33H58OSi. The predicted octanol–water partition coefficient (Wildman–Crippen LogP) is 9.88. The van der Waals surface area contributed by atoms with Gasteiger partial charge in [-0.15, -0.1) is 0 Å². The topological polar surface area (TPSA) is 9.23 Å². The molecule has 0 N–H and O–H groups in total. The molecule has 2 heteroatoms. The summed E-state index contributed by atoms with van der Waals surface area (Å²) in [5.41, 5.74) is 3.77. The standard InChI is InChI=1S/C33H58OSi/c1-22(2)23(3)11-12-24(4)25-13-14-26-27-15-16-28-30(5,6)29(34-35(8,9)10)17-18-33(28)21-32(27,33)20-19-31(25,26)7/h22,24-29H,3,11-21H2,1-2,4-10H3/t24?,25-,26+,27+,28+,29+,31-,32+,33-/m1/s1. The summed E-state index contributed by atoms with van der Waals surface area (Å²) < 4.78 is 6.85. The van der Waals surface area contributed by atoms with Crippen molar-refractivity contribution in [2.45, 2.75) is 138 Å². The molecule has 1 unspecified atom stereocenters. The number of fused-ring (bicyclic) bond motifs is 2. The summed E-state index contributed by atoms with van der Waals surface area (Å²) >= 11 is 0. The highest BCUT2D eigenvalue weighted by Gasteiger charge is 2.80. The maximum Gasteiger partial charge on any atom is 0.184 e. The molecule has 5 aliphatic carbocycles. The van der Waals surface area contributed by atoms with Crippen LogP contribution in [0.1, 0.15) is 112 Å². The van der Waals surface area contributed by atoms with Gasteiger partial charge in [0.05, 0.1) is 6.10 Å². The van der Waals surface area contributed by atoms with Crippen molar-refractivity contribution >= 4 is 8.32 Å². The van der Waals surface area contributed by atoms with Crippen LogP contribution in [0.2, 0.25) is 19.6 Å². The molecule has 1 nitrogen and oxygen atoms in total. The Balaban J connectivity index is 1.32. The quantitative estimate of drug-likeness (QED) is 0.250. The summed E-state index contributed by atoms with van der Waals surface area (Å²) in [5, 5.41) is 0. The minimum absolute atomic E-state index is 0.347. The molecule has 5 fully saturated rings. The van der Waals surface area contributed by atoms with Crippen LogP contribution in [0.5, 0.6) is 0 Å². The smallest absolute Gasteiger partial charge is 0.184 e. The van der Waals surface area contributed by atoms with E-state index >= 15 is 0 Å². The van der Waals surface area contributed by atoms with Crippen molar-refractivity contribution in [3.05, 3.63) is 12.2 Å². The number of hydrogen-bond acceptors (Lipinski definition) is 1. The van der Waals surface area contributed by atoms with Crippen molar-refractivity contribution in [2.75, 3.05) is 0 Å². The average molecular weight is 499 g/mol. The van der Waals surface area contributed by atoms with Gasteiger partial charge in [-0.3, -0.25) is 0 Å². The van der Waals surface area contributed by atoms with Crippen LogP contribution in [0.15, 0.2) is 12.2 Å². The van der Waals surface area contributed by atoms with Gasteiger partial charge < -0.3 is 4.43 Å². The summed E-state index contributed by atoms with van der Waals surface area (Å²) in [5.74, 6) is 5.34. The fourth-order valence-corrected chi connectivity index (χ4v) is 12.6. The highest BCUT2D eigenvalue weighted by atomic mass is 28.4. The van der Waals surface area contributed by atoms with Crippen LogP contribution >= 0.6 is 0 Å². The third-order valence-electron chi connectivity index (χ3n) is 13.2. The van der Waals surface area contributed by atoms with E-state index in [1.165, 1.54) is 63.4 Å². The maximum absolute atomic E-state index is 6.85. The second-order valence-electron chi connectivity index (χ2n) is 16.4. The van der Waals surface area contributed by atoms with E-state index in [0.717, 1.165) is 29.6 Å². The van der Waals surface area contributed by atoms with Crippen LogP contribution in [-0.2, 0) is 4.43 Å². The molecule has 0 bridgehead atoms. The summed E-state index contributed by atoms with van der Waals surface area (Å²) in [6.45, 7) is 26.7. The summed E-state index contributed by atoms with van der Waals surface area (Å²) in [4.78, 5) is 0. The minimum Gasteiger partial charge on any atom is -0.414 e. The van der Waals surface area contributed by atoms with Gasteiger partial charge in [0, 0.05) is 0 Å². The van der Waals surface area contributed by atoms with Crippen molar-refractivity contribution in [3.63, 3.8) is 0 Å². The van der Waals surface area contributed by atoms with Gasteiger partial charge in [-0.1, -0.05) is 53.7 Å². The molecule has 0 saturated heterocycles. The molecule has 5 rings (SSSR count). The van der Waals surface area contributed by atoms with Gasteiger partial charge in [-0.05, 0) is 147 Å². The zero-order valence-electron chi connectivity index (χ0n) is 24.9. The normalized spacial score (nSPS) is 46.9. The zero-order valence-corrected chi connectivity index (χ0v) is 25.9. The van der Waals surface area contributed by atoms with Gasteiger partial charge in [-0.25, -0.2) is 0 Å². The van der Waals surface area contributed by atoms with E-state index in [2.05, 4.69) is 67.8 Å². The Morgan fingerprint density at radius 1 is 0.886 bits per heavy atom. The highest BCUT2D eigenvalue weighted by molar-refractivity contribution is 6.69. The zero-order chi connectivity index (χ0) is 25.6. The van der Waals surface area contributed by atoms with Crippen LogP contribution in [0.4, 0.5) is 0 Å². The third-order valence-corrected chi connectivity index (χ3v) is 14.2. The van der Waals surface area contributed by atoms with E-state index in [0.29, 0.717) is 33.7 Å². The Morgan fingerprint density at radius 3 is 2.23 bits per heavy atom. The molecule has 0 aliphatic heterocycles. The first-order chi connectivity index (χ1) is 16.2. The van der Waals surface area contributed by atoms with Crippen LogP contribution in [-0.4, -0.2) is 14.4 Å². The number of rotatable bonds is 7. The van der Waals surface area contributed by atoms with Crippen LogP contribution in [0.25, 0.3) is 0 Å². The van der Waals surface area contributed by atoms with E-state index < -0.39 is 8.32 Å². The van der Waals surface area contributed by atoms with Gasteiger partial charge in [0.15, 0.2) is 8.32 Å². The predicted molar refractivity (Wildman–Crippen MR) is 153 cm³/mol. The van der Waals surface area contributed by atoms with Crippen LogP contribution in [0.3, 0.4) is 0 Å². The summed E-state index contributed by atoms with van der Waals surface area (Å²) in [6.07, 6.45) is 16.5. The van der Waals surface area contributed by atoms with E-state index in [1.54, 1.807) is 12.8 Å². The third kappa shape index (κ3) is 3.92. The van der Waals surface area contributed by atoms with Gasteiger partial charge in [-0.2, -0.15) is 0 Å². The molecule has 0 radical (unpaired) electrons. The first-order valence-corrected chi connectivity index (χ1v) is 18.9. The van der Waals surface area contributed by atoms with Crippen LogP contribution < -0.4 is 0 Å². The molecule has 5 aliphatic rings. The Labute approximate surface area is 219 Å². The highest BCUT2D eigenvalue weighted by Crippen LogP contribution is 2.87. The lowest BCUT2D eigenvalue weighted by Gasteiger charge is -2.60. The molecule has 9 atom stereocenters. The van der Waals surface area contributed by atoms with Crippen molar-refractivity contribution in [2.24, 2.45) is 57.2 Å². The maximum atomic E-state index is 6.85. The Bertz CT molecular complexity index is 837. The molecule has 0 heterocycles. The van der Waals surface area contributed by atoms with Crippen molar-refractivity contribution in [1.82, 2.24) is 0 Å². The first kappa shape index (κ1) is 26.5. The number of allylic oxidation sites excluding steroid dienone is 1. The molecular weight excluding hydrogens is 440 g/mol. The Kier molecular flexibility index (Phi) is 6.41. The van der Waals surface area contributed by atoms with E-state index in [1.807, 2.05) is 0 Å². The second kappa shape index (κ2) is 8.46. The molecule has 5 saturated carbocycles. The summed E-state index contributed by atoms with van der Waals surface area (Å²) in [7, 11) is -1.51. The van der Waals surface area contributed by atoms with Gasteiger partial charge in [0.25, 0.3) is 0 Å². The SMILES string of the molecule is C=C(CCC(C)[C@H]1CC[C@H]2[C@@H]3CC[C@H]4C(C)(C)[C@@H](O[Si](C)(C)C)CC[C@@]45C[C@@]35CC[C@]12C)C(C)C. The average Bonchev–Trinajstić information content (AvgIpc) is 3.29. The molecule has 200 valence electrons. The molecule has 2 spiro atoms. The minimum atomic E-state index is -1.51. The van der Waals surface area contributed by atoms with Crippen molar-refractivity contribution in [1.29, 1.82) is 0 Å². The van der Waals surface area contributed by atoms with Crippen LogP contribution in [0, 0.1) is 57.2 Å². The van der Waals surface area contributed by atoms with Gasteiger partial charge in [0.2, 0.25) is 0 Å². The number of hydrogen-bond donors (Lipinski definition) is 0. The van der Waals surface area contributed by atoms with E-state index in [9.17, 15) is 0 Å². The Hall–Kier alpha value is -0.0831. The van der Waals surface area contributed by atoms with E-state index in [-0.39, 0.29) is 0 Å². The van der Waals surface area contributed by atoms with Gasteiger partial charge in [0.1, 0.15) is 0 Å². The molecule has 0 amide bonds. The molecule has 0 aromatic heterocycles. The van der Waals surface area contributed by atoms with Gasteiger partial charge >= 0.3 is 0 Å². The lowest BCUT2D eigenvalue weighted by molar-refractivity contribution is -0.129. The largest absolute Gasteiger partial charge is 0.414 e. The fourth-order valence-electron chi connectivity index (χ4n) is 11.4. The Morgan fingerprint density at radius 2 is 1.57 bits per heavy atom. The lowest BCUT2D eigenvalue weighted by atomic mass is 9.46. The first-order valence-electron chi connectivity index (χ1n) is 15.5. The lowest BCUT2D eigenvalue weighted by Crippen LogP contribution is -2.56. The summed E-state index contributed by atoms with van der Waals surface area (Å²) in [6, 6.07) is 0. The fraction of sp³-hybridized carbons (Fsp3) is 0.939. The second-order valence-corrected chi connectivity index (χ2v) is 20.9. The van der Waals surface area contributed by atoms with E-state index in [4.69, 9.17) is 4.43 Å². The van der Waals surface area contributed by atoms with Crippen molar-refractivity contribution < 1.29 is 4.43 Å². The monoisotopic (exact) mass is 498 g/mol. The molecule has 0 aromatic carbocycles.